The van der Waals surface area contributed by atoms with Crippen molar-refractivity contribution in [2.45, 2.75) is 33.1 Å². The Balaban J connectivity index is 2.19. The summed E-state index contributed by atoms with van der Waals surface area (Å²) in [5.74, 6) is 0.974. The molecular formula is C18H29NO2. The van der Waals surface area contributed by atoms with Crippen molar-refractivity contribution in [1.29, 1.82) is 0 Å². The first-order valence-electron chi connectivity index (χ1n) is 7.90. The summed E-state index contributed by atoms with van der Waals surface area (Å²) >= 11 is 0. The lowest BCUT2D eigenvalue weighted by molar-refractivity contribution is 0.101. The molecule has 0 heterocycles. The topological polar surface area (TPSA) is 30.5 Å². The van der Waals surface area contributed by atoms with Crippen LogP contribution >= 0.6 is 0 Å². The third-order valence-electron chi connectivity index (χ3n) is 3.26. The zero-order chi connectivity index (χ0) is 15.3. The third-order valence-corrected chi connectivity index (χ3v) is 3.26. The van der Waals surface area contributed by atoms with Crippen molar-refractivity contribution in [3.63, 3.8) is 0 Å². The molecule has 1 rings (SSSR count). The highest BCUT2D eigenvalue weighted by Crippen LogP contribution is 2.23. The van der Waals surface area contributed by atoms with Gasteiger partial charge in [-0.1, -0.05) is 37.6 Å². The van der Waals surface area contributed by atoms with Gasteiger partial charge in [-0.15, -0.1) is 6.58 Å². The second-order valence-electron chi connectivity index (χ2n) is 5.12. The molecule has 0 spiro atoms. The summed E-state index contributed by atoms with van der Waals surface area (Å²) in [6.07, 6.45) is 5.19. The van der Waals surface area contributed by atoms with E-state index in [9.17, 15) is 0 Å². The van der Waals surface area contributed by atoms with Gasteiger partial charge < -0.3 is 14.8 Å². The second kappa shape index (κ2) is 11.4. The summed E-state index contributed by atoms with van der Waals surface area (Å²) in [6.45, 7) is 12.0. The van der Waals surface area contributed by atoms with Gasteiger partial charge in [0.25, 0.3) is 0 Å². The molecule has 0 radical (unpaired) electrons. The van der Waals surface area contributed by atoms with E-state index in [1.165, 1.54) is 18.4 Å². The molecule has 0 amide bonds. The van der Waals surface area contributed by atoms with Crippen molar-refractivity contribution < 1.29 is 9.47 Å². The standard InChI is InChI=1S/C18H29NO2/c1-4-6-11-19-12-13-20-14-15-21-18-16(3)9-7-10-17(18)8-5-2/h5,7,9-10,19H,2,4,6,8,11-15H2,1,3H3. The van der Waals surface area contributed by atoms with Crippen LogP contribution in [-0.4, -0.2) is 32.9 Å². The molecule has 1 aromatic rings. The summed E-state index contributed by atoms with van der Waals surface area (Å²) in [4.78, 5) is 0. The van der Waals surface area contributed by atoms with E-state index in [-0.39, 0.29) is 0 Å². The van der Waals surface area contributed by atoms with Crippen LogP contribution in [0.25, 0.3) is 0 Å². The van der Waals surface area contributed by atoms with Crippen molar-refractivity contribution in [2.75, 3.05) is 32.9 Å². The van der Waals surface area contributed by atoms with Crippen molar-refractivity contribution in [2.24, 2.45) is 0 Å². The molecule has 1 N–H and O–H groups in total. The van der Waals surface area contributed by atoms with Crippen LogP contribution in [0.1, 0.15) is 30.9 Å². The van der Waals surface area contributed by atoms with Crippen LogP contribution in [0.4, 0.5) is 0 Å². The van der Waals surface area contributed by atoms with E-state index in [2.05, 4.69) is 43.9 Å². The summed E-state index contributed by atoms with van der Waals surface area (Å²) < 4.78 is 11.4. The number of benzene rings is 1. The number of hydrogen-bond donors (Lipinski definition) is 1. The summed E-state index contributed by atoms with van der Waals surface area (Å²) in [7, 11) is 0. The third kappa shape index (κ3) is 7.30. The quantitative estimate of drug-likeness (QED) is 0.472. The van der Waals surface area contributed by atoms with Gasteiger partial charge in [-0.25, -0.2) is 0 Å². The number of unbranched alkanes of at least 4 members (excludes halogenated alkanes) is 1. The minimum atomic E-state index is 0.587. The molecule has 3 nitrogen and oxygen atoms in total. The lowest BCUT2D eigenvalue weighted by Crippen LogP contribution is -2.21. The number of hydrogen-bond acceptors (Lipinski definition) is 3. The fourth-order valence-electron chi connectivity index (χ4n) is 2.11. The molecule has 21 heavy (non-hydrogen) atoms. The first kappa shape index (κ1) is 17.7. The highest BCUT2D eigenvalue weighted by Gasteiger charge is 2.05. The largest absolute Gasteiger partial charge is 0.491 e. The van der Waals surface area contributed by atoms with Crippen LogP contribution in [0.2, 0.25) is 0 Å². The molecule has 0 aliphatic rings. The van der Waals surface area contributed by atoms with Gasteiger partial charge in [0, 0.05) is 6.54 Å². The number of ether oxygens (including phenoxy) is 2. The van der Waals surface area contributed by atoms with Crippen molar-refractivity contribution >= 4 is 0 Å². The van der Waals surface area contributed by atoms with Crippen molar-refractivity contribution in [3.05, 3.63) is 42.0 Å². The Labute approximate surface area is 129 Å². The smallest absolute Gasteiger partial charge is 0.125 e. The molecule has 0 bridgehead atoms. The molecular weight excluding hydrogens is 262 g/mol. The Kier molecular flexibility index (Phi) is 9.58. The lowest BCUT2D eigenvalue weighted by atomic mass is 10.1. The van der Waals surface area contributed by atoms with E-state index < -0.39 is 0 Å². The Bertz CT molecular complexity index is 404. The fraction of sp³-hybridized carbons (Fsp3) is 0.556. The number of nitrogens with one attached hydrogen (secondary N) is 1. The SMILES string of the molecule is C=CCc1cccc(C)c1OCCOCCNCCCC. The van der Waals surface area contributed by atoms with E-state index in [4.69, 9.17) is 9.47 Å². The predicted molar refractivity (Wildman–Crippen MR) is 89.2 cm³/mol. The number of para-hydroxylation sites is 1. The Morgan fingerprint density at radius 1 is 1.19 bits per heavy atom. The minimum Gasteiger partial charge on any atom is -0.491 e. The van der Waals surface area contributed by atoms with E-state index in [1.54, 1.807) is 0 Å². The van der Waals surface area contributed by atoms with Gasteiger partial charge in [0.1, 0.15) is 12.4 Å². The summed E-state index contributed by atoms with van der Waals surface area (Å²) in [6, 6.07) is 6.21. The van der Waals surface area contributed by atoms with Gasteiger partial charge >= 0.3 is 0 Å². The molecule has 118 valence electrons. The van der Waals surface area contributed by atoms with Gasteiger partial charge in [0.2, 0.25) is 0 Å². The van der Waals surface area contributed by atoms with E-state index in [0.29, 0.717) is 13.2 Å². The van der Waals surface area contributed by atoms with Crippen molar-refractivity contribution in [1.82, 2.24) is 5.32 Å². The molecule has 0 saturated carbocycles. The average molecular weight is 291 g/mol. The van der Waals surface area contributed by atoms with E-state index >= 15 is 0 Å². The molecule has 0 atom stereocenters. The van der Waals surface area contributed by atoms with Gasteiger partial charge in [-0.2, -0.15) is 0 Å². The number of allylic oxidation sites excluding steroid dienone is 1. The highest BCUT2D eigenvalue weighted by atomic mass is 16.5. The molecule has 3 heteroatoms. The number of aryl methyl sites for hydroxylation is 1. The first-order chi connectivity index (χ1) is 10.3. The maximum absolute atomic E-state index is 5.87. The second-order valence-corrected chi connectivity index (χ2v) is 5.12. The summed E-state index contributed by atoms with van der Waals surface area (Å²) in [5.41, 5.74) is 2.35. The maximum Gasteiger partial charge on any atom is 0.125 e. The molecule has 0 fully saturated rings. The van der Waals surface area contributed by atoms with Crippen LogP contribution in [0.3, 0.4) is 0 Å². The van der Waals surface area contributed by atoms with Gasteiger partial charge in [-0.05, 0) is 37.4 Å². The van der Waals surface area contributed by atoms with Crippen LogP contribution in [0, 0.1) is 6.92 Å². The van der Waals surface area contributed by atoms with Crippen LogP contribution in [0.5, 0.6) is 5.75 Å². The molecule has 1 aromatic carbocycles. The minimum absolute atomic E-state index is 0.587. The Morgan fingerprint density at radius 3 is 2.81 bits per heavy atom. The molecule has 0 aliphatic heterocycles. The molecule has 0 aromatic heterocycles. The van der Waals surface area contributed by atoms with Crippen LogP contribution in [0.15, 0.2) is 30.9 Å². The zero-order valence-electron chi connectivity index (χ0n) is 13.5. The fourth-order valence-corrected chi connectivity index (χ4v) is 2.11. The molecule has 0 saturated heterocycles. The van der Waals surface area contributed by atoms with E-state index in [0.717, 1.165) is 37.4 Å². The van der Waals surface area contributed by atoms with Gasteiger partial charge in [-0.3, -0.25) is 0 Å². The van der Waals surface area contributed by atoms with E-state index in [1.807, 2.05) is 6.08 Å². The normalized spacial score (nSPS) is 10.6. The van der Waals surface area contributed by atoms with Crippen LogP contribution in [-0.2, 0) is 11.2 Å². The Morgan fingerprint density at radius 2 is 2.05 bits per heavy atom. The first-order valence-corrected chi connectivity index (χ1v) is 7.90. The van der Waals surface area contributed by atoms with Gasteiger partial charge in [0.15, 0.2) is 0 Å². The predicted octanol–water partition coefficient (Wildman–Crippen LogP) is 3.51. The van der Waals surface area contributed by atoms with Crippen LogP contribution < -0.4 is 10.1 Å². The lowest BCUT2D eigenvalue weighted by Gasteiger charge is -2.13. The Hall–Kier alpha value is -1.32. The van der Waals surface area contributed by atoms with Crippen molar-refractivity contribution in [3.8, 4) is 5.75 Å². The average Bonchev–Trinajstić information content (AvgIpc) is 2.48. The monoisotopic (exact) mass is 291 g/mol. The highest BCUT2D eigenvalue weighted by molar-refractivity contribution is 5.41. The molecule has 0 aliphatic carbocycles. The number of rotatable bonds is 12. The summed E-state index contributed by atoms with van der Waals surface area (Å²) in [5, 5.41) is 3.35. The molecule has 0 unspecified atom stereocenters. The van der Waals surface area contributed by atoms with Gasteiger partial charge in [0.05, 0.1) is 13.2 Å². The zero-order valence-corrected chi connectivity index (χ0v) is 13.5. The maximum atomic E-state index is 5.87.